The van der Waals surface area contributed by atoms with E-state index >= 15 is 0 Å². The van der Waals surface area contributed by atoms with E-state index in [0.29, 0.717) is 18.2 Å². The molecule has 1 heterocycles. The predicted octanol–water partition coefficient (Wildman–Crippen LogP) is 2.51. The van der Waals surface area contributed by atoms with Gasteiger partial charge in [0.25, 0.3) is 0 Å². The molecular weight excluding hydrogens is 229 g/mol. The van der Waals surface area contributed by atoms with Gasteiger partial charge in [-0.1, -0.05) is 6.07 Å². The molecule has 0 bridgehead atoms. The first-order valence-corrected chi connectivity index (χ1v) is 5.42. The lowest BCUT2D eigenvalue weighted by Crippen LogP contribution is -2.07. The first kappa shape index (κ1) is 11.1. The maximum atomic E-state index is 12.9. The van der Waals surface area contributed by atoms with Gasteiger partial charge in [-0.2, -0.15) is 5.10 Å². The van der Waals surface area contributed by atoms with E-state index in [4.69, 9.17) is 11.6 Å². The second kappa shape index (κ2) is 4.61. The van der Waals surface area contributed by atoms with Crippen LogP contribution in [0.4, 0.5) is 4.39 Å². The molecule has 0 N–H and O–H groups in total. The Kier molecular flexibility index (Phi) is 3.19. The van der Waals surface area contributed by atoms with Crippen LogP contribution < -0.4 is 0 Å². The highest BCUT2D eigenvalue weighted by Crippen LogP contribution is 2.12. The van der Waals surface area contributed by atoms with Crippen molar-refractivity contribution in [2.45, 2.75) is 19.3 Å². The van der Waals surface area contributed by atoms with Crippen LogP contribution in [-0.4, -0.2) is 14.8 Å². The third-order valence-electron chi connectivity index (χ3n) is 2.44. The fourth-order valence-corrected chi connectivity index (χ4v) is 1.73. The van der Waals surface area contributed by atoms with Gasteiger partial charge in [0, 0.05) is 0 Å². The van der Waals surface area contributed by atoms with E-state index in [0.717, 1.165) is 11.1 Å². The quantitative estimate of drug-likeness (QED) is 0.771. The van der Waals surface area contributed by atoms with Crippen molar-refractivity contribution in [2.24, 2.45) is 0 Å². The zero-order valence-electron chi connectivity index (χ0n) is 8.82. The summed E-state index contributed by atoms with van der Waals surface area (Å²) in [6.07, 6.45) is 1.47. The molecule has 0 aliphatic rings. The van der Waals surface area contributed by atoms with Gasteiger partial charge in [0.05, 0.1) is 12.4 Å². The molecule has 0 spiro atoms. The van der Waals surface area contributed by atoms with Gasteiger partial charge in [0.1, 0.15) is 18.0 Å². The monoisotopic (exact) mass is 239 g/mol. The minimum Gasteiger partial charge on any atom is -0.244 e. The molecule has 0 aliphatic heterocycles. The fourth-order valence-electron chi connectivity index (χ4n) is 1.52. The average Bonchev–Trinajstić information content (AvgIpc) is 2.69. The summed E-state index contributed by atoms with van der Waals surface area (Å²) in [7, 11) is 0. The minimum atomic E-state index is -0.225. The minimum absolute atomic E-state index is 0.225. The lowest BCUT2D eigenvalue weighted by atomic mass is 10.1. The summed E-state index contributed by atoms with van der Waals surface area (Å²) in [5, 5.41) is 4.07. The van der Waals surface area contributed by atoms with Gasteiger partial charge in [-0.25, -0.2) is 14.1 Å². The van der Waals surface area contributed by atoms with Gasteiger partial charge >= 0.3 is 0 Å². The summed E-state index contributed by atoms with van der Waals surface area (Å²) in [5.74, 6) is 0.808. The van der Waals surface area contributed by atoms with Crippen LogP contribution in [0.1, 0.15) is 17.0 Å². The largest absolute Gasteiger partial charge is 0.244 e. The van der Waals surface area contributed by atoms with Gasteiger partial charge in [-0.3, -0.25) is 0 Å². The first-order valence-electron chi connectivity index (χ1n) is 4.88. The lowest BCUT2D eigenvalue weighted by molar-refractivity contribution is 0.620. The molecule has 0 fully saturated rings. The van der Waals surface area contributed by atoms with Crippen LogP contribution in [0.15, 0.2) is 24.5 Å². The molecule has 5 heteroatoms. The molecule has 0 amide bonds. The van der Waals surface area contributed by atoms with Crippen molar-refractivity contribution in [3.05, 3.63) is 47.3 Å². The van der Waals surface area contributed by atoms with E-state index in [1.54, 1.807) is 10.7 Å². The summed E-state index contributed by atoms with van der Waals surface area (Å²) < 4.78 is 14.6. The second-order valence-electron chi connectivity index (χ2n) is 3.54. The van der Waals surface area contributed by atoms with Crippen LogP contribution in [0.2, 0.25) is 0 Å². The second-order valence-corrected chi connectivity index (χ2v) is 3.81. The number of nitrogens with zero attached hydrogens (tertiary/aromatic N) is 3. The van der Waals surface area contributed by atoms with Crippen LogP contribution in [0.25, 0.3) is 0 Å². The maximum absolute atomic E-state index is 12.9. The third kappa shape index (κ3) is 2.22. The van der Waals surface area contributed by atoms with Crippen LogP contribution in [0.3, 0.4) is 0 Å². The normalized spacial score (nSPS) is 10.7. The molecule has 0 atom stereocenters. The molecule has 0 aliphatic carbocycles. The molecule has 0 saturated heterocycles. The zero-order valence-corrected chi connectivity index (χ0v) is 9.58. The van der Waals surface area contributed by atoms with Crippen molar-refractivity contribution in [1.82, 2.24) is 14.8 Å². The SMILES string of the molecule is Cc1cc(F)ccc1Cn1ncnc1CCl. The Morgan fingerprint density at radius 2 is 2.25 bits per heavy atom. The van der Waals surface area contributed by atoms with Crippen molar-refractivity contribution in [3.8, 4) is 0 Å². The van der Waals surface area contributed by atoms with Gasteiger partial charge in [-0.15, -0.1) is 11.6 Å². The summed E-state index contributed by atoms with van der Waals surface area (Å²) >= 11 is 5.72. The molecule has 1 aromatic carbocycles. The van der Waals surface area contributed by atoms with E-state index in [-0.39, 0.29) is 5.82 Å². The van der Waals surface area contributed by atoms with Gasteiger partial charge in [-0.05, 0) is 30.2 Å². The van der Waals surface area contributed by atoms with E-state index in [2.05, 4.69) is 10.1 Å². The topological polar surface area (TPSA) is 30.7 Å². The highest BCUT2D eigenvalue weighted by molar-refractivity contribution is 6.16. The Morgan fingerprint density at radius 1 is 1.44 bits per heavy atom. The summed E-state index contributed by atoms with van der Waals surface area (Å²) in [6, 6.07) is 4.70. The average molecular weight is 240 g/mol. The van der Waals surface area contributed by atoms with E-state index in [1.165, 1.54) is 18.5 Å². The lowest BCUT2D eigenvalue weighted by Gasteiger charge is -2.07. The number of alkyl halides is 1. The summed E-state index contributed by atoms with van der Waals surface area (Å²) in [5.41, 5.74) is 1.91. The Hall–Kier alpha value is -1.42. The standard InChI is InChI=1S/C11H11ClFN3/c1-8-4-10(13)3-2-9(8)6-16-11(5-12)14-7-15-16/h2-4,7H,5-6H2,1H3. The number of benzene rings is 1. The molecule has 0 unspecified atom stereocenters. The molecule has 0 saturated carbocycles. The maximum Gasteiger partial charge on any atom is 0.142 e. The van der Waals surface area contributed by atoms with E-state index < -0.39 is 0 Å². The number of aryl methyl sites for hydroxylation is 1. The highest BCUT2D eigenvalue weighted by Gasteiger charge is 2.06. The Morgan fingerprint density at radius 3 is 2.94 bits per heavy atom. The first-order chi connectivity index (χ1) is 7.70. The zero-order chi connectivity index (χ0) is 11.5. The molecule has 2 rings (SSSR count). The highest BCUT2D eigenvalue weighted by atomic mass is 35.5. The molecule has 84 valence electrons. The molecule has 1 aromatic heterocycles. The molecule has 0 radical (unpaired) electrons. The Balaban J connectivity index is 2.27. The van der Waals surface area contributed by atoms with Crippen molar-refractivity contribution in [1.29, 1.82) is 0 Å². The molecule has 2 aromatic rings. The van der Waals surface area contributed by atoms with Gasteiger partial charge in [0.15, 0.2) is 0 Å². The van der Waals surface area contributed by atoms with Gasteiger partial charge in [0.2, 0.25) is 0 Å². The molecule has 3 nitrogen and oxygen atoms in total. The predicted molar refractivity (Wildman–Crippen MR) is 59.8 cm³/mol. The summed E-state index contributed by atoms with van der Waals surface area (Å²) in [6.45, 7) is 2.43. The smallest absolute Gasteiger partial charge is 0.142 e. The van der Waals surface area contributed by atoms with Crippen LogP contribution in [0, 0.1) is 12.7 Å². The van der Waals surface area contributed by atoms with Crippen LogP contribution in [0.5, 0.6) is 0 Å². The van der Waals surface area contributed by atoms with Crippen molar-refractivity contribution in [2.75, 3.05) is 0 Å². The fraction of sp³-hybridized carbons (Fsp3) is 0.273. The van der Waals surface area contributed by atoms with Crippen molar-refractivity contribution < 1.29 is 4.39 Å². The third-order valence-corrected chi connectivity index (χ3v) is 2.68. The van der Waals surface area contributed by atoms with Crippen LogP contribution in [-0.2, 0) is 12.4 Å². The summed E-state index contributed by atoms with van der Waals surface area (Å²) in [4.78, 5) is 4.02. The van der Waals surface area contributed by atoms with E-state index in [9.17, 15) is 4.39 Å². The van der Waals surface area contributed by atoms with E-state index in [1.807, 2.05) is 6.92 Å². The number of rotatable bonds is 3. The Bertz CT molecular complexity index is 496. The van der Waals surface area contributed by atoms with Gasteiger partial charge < -0.3 is 0 Å². The number of hydrogen-bond donors (Lipinski definition) is 0. The number of aromatic nitrogens is 3. The van der Waals surface area contributed by atoms with Crippen LogP contribution >= 0.6 is 11.6 Å². The number of hydrogen-bond acceptors (Lipinski definition) is 2. The molecule has 16 heavy (non-hydrogen) atoms. The van der Waals surface area contributed by atoms with Crippen molar-refractivity contribution >= 4 is 11.6 Å². The van der Waals surface area contributed by atoms with Crippen molar-refractivity contribution in [3.63, 3.8) is 0 Å². The Labute approximate surface area is 97.9 Å². The molecular formula is C11H11ClFN3. The number of halogens is 2.